The highest BCUT2D eigenvalue weighted by Gasteiger charge is 2.14. The lowest BCUT2D eigenvalue weighted by Crippen LogP contribution is -2.00. The van der Waals surface area contributed by atoms with Gasteiger partial charge in [-0.3, -0.25) is 9.36 Å². The van der Waals surface area contributed by atoms with Gasteiger partial charge in [-0.1, -0.05) is 5.16 Å². The monoisotopic (exact) mass is 366 g/mol. The first kappa shape index (κ1) is 18.5. The minimum absolute atomic E-state index is 0.142. The largest absolute Gasteiger partial charge is 0.497 e. The zero-order chi connectivity index (χ0) is 19.6. The Morgan fingerprint density at radius 1 is 1.11 bits per heavy atom. The van der Waals surface area contributed by atoms with Crippen molar-refractivity contribution in [3.05, 3.63) is 64.7 Å². The Bertz CT molecular complexity index is 1010. The Hall–Kier alpha value is -3.28. The summed E-state index contributed by atoms with van der Waals surface area (Å²) < 4.78 is 17.6. The van der Waals surface area contributed by atoms with Gasteiger partial charge in [-0.15, -0.1) is 0 Å². The van der Waals surface area contributed by atoms with E-state index in [9.17, 15) is 4.79 Å². The van der Waals surface area contributed by atoms with E-state index < -0.39 is 0 Å². The Morgan fingerprint density at radius 3 is 2.52 bits per heavy atom. The van der Waals surface area contributed by atoms with Gasteiger partial charge in [0.05, 0.1) is 19.8 Å². The van der Waals surface area contributed by atoms with Crippen molar-refractivity contribution in [2.45, 2.75) is 20.8 Å². The van der Waals surface area contributed by atoms with Gasteiger partial charge in [-0.25, -0.2) is 0 Å². The molecule has 0 aliphatic heterocycles. The molecule has 0 aliphatic carbocycles. The summed E-state index contributed by atoms with van der Waals surface area (Å²) in [6.45, 7) is 5.82. The molecule has 0 radical (unpaired) electrons. The average molecular weight is 366 g/mol. The van der Waals surface area contributed by atoms with Crippen molar-refractivity contribution >= 4 is 11.9 Å². The predicted octanol–water partition coefficient (Wildman–Crippen LogP) is 4.30. The summed E-state index contributed by atoms with van der Waals surface area (Å²) in [5, 5.41) is 4.07. The molecule has 0 amide bonds. The first-order chi connectivity index (χ1) is 12.9. The molecule has 0 saturated carbocycles. The molecule has 3 rings (SSSR count). The maximum absolute atomic E-state index is 12.6. The fourth-order valence-corrected chi connectivity index (χ4v) is 3.02. The number of aromatic nitrogens is 2. The summed E-state index contributed by atoms with van der Waals surface area (Å²) in [6, 6.07) is 9.02. The molecular weight excluding hydrogens is 344 g/mol. The molecular formula is C21H22N2O4. The van der Waals surface area contributed by atoms with Crippen LogP contribution in [-0.4, -0.2) is 29.7 Å². The van der Waals surface area contributed by atoms with Gasteiger partial charge in [0.25, 0.3) is 0 Å². The minimum Gasteiger partial charge on any atom is -0.497 e. The van der Waals surface area contributed by atoms with Gasteiger partial charge in [0.2, 0.25) is 0 Å². The van der Waals surface area contributed by atoms with Crippen molar-refractivity contribution in [3.8, 4) is 17.3 Å². The van der Waals surface area contributed by atoms with Gasteiger partial charge < -0.3 is 14.0 Å². The number of ether oxygens (including phenoxy) is 2. The molecule has 0 bridgehead atoms. The average Bonchev–Trinajstić information content (AvgIpc) is 3.21. The lowest BCUT2D eigenvalue weighted by Gasteiger charge is -2.08. The lowest BCUT2D eigenvalue weighted by molar-refractivity contribution is 0.104. The molecule has 0 saturated heterocycles. The fraction of sp³-hybridized carbons (Fsp3) is 0.238. The Kier molecular flexibility index (Phi) is 5.16. The van der Waals surface area contributed by atoms with Crippen LogP contribution in [0.3, 0.4) is 0 Å². The van der Waals surface area contributed by atoms with E-state index >= 15 is 0 Å². The van der Waals surface area contributed by atoms with Crippen LogP contribution in [0, 0.1) is 20.8 Å². The zero-order valence-electron chi connectivity index (χ0n) is 16.1. The molecule has 3 aromatic rings. The number of hydrogen-bond donors (Lipinski definition) is 0. The van der Waals surface area contributed by atoms with Crippen LogP contribution >= 0.6 is 0 Å². The maximum Gasteiger partial charge on any atom is 0.189 e. The number of allylic oxidation sites excluding steroid dienone is 1. The number of methoxy groups -OCH3 is 2. The Morgan fingerprint density at radius 2 is 1.89 bits per heavy atom. The van der Waals surface area contributed by atoms with Crippen LogP contribution in [0.4, 0.5) is 0 Å². The van der Waals surface area contributed by atoms with Crippen molar-refractivity contribution in [2.75, 3.05) is 14.2 Å². The van der Waals surface area contributed by atoms with Gasteiger partial charge in [0.1, 0.15) is 17.3 Å². The molecule has 1 aromatic carbocycles. The third kappa shape index (κ3) is 3.65. The Balaban J connectivity index is 1.90. The van der Waals surface area contributed by atoms with Crippen molar-refractivity contribution in [1.29, 1.82) is 0 Å². The zero-order valence-corrected chi connectivity index (χ0v) is 16.1. The molecule has 0 fully saturated rings. The first-order valence-electron chi connectivity index (χ1n) is 8.51. The summed E-state index contributed by atoms with van der Waals surface area (Å²) >= 11 is 0. The second-order valence-electron chi connectivity index (χ2n) is 6.22. The third-order valence-electron chi connectivity index (χ3n) is 4.40. The van der Waals surface area contributed by atoms with E-state index in [0.29, 0.717) is 17.1 Å². The molecule has 6 nitrogen and oxygen atoms in total. The number of benzene rings is 1. The normalized spacial score (nSPS) is 11.1. The van der Waals surface area contributed by atoms with E-state index in [0.717, 1.165) is 28.5 Å². The standard InChI is InChI=1S/C21H22N2O4/c1-13-10-16(15(3)23(13)21-11-14(2)27-22-21)6-9-19(24)18-8-7-17(25-4)12-20(18)26-5/h6-12H,1-5H3/b9-6+. The van der Waals surface area contributed by atoms with Crippen LogP contribution < -0.4 is 9.47 Å². The molecule has 0 atom stereocenters. The predicted molar refractivity (Wildman–Crippen MR) is 103 cm³/mol. The maximum atomic E-state index is 12.6. The molecule has 140 valence electrons. The van der Waals surface area contributed by atoms with E-state index in [-0.39, 0.29) is 5.78 Å². The van der Waals surface area contributed by atoms with E-state index in [4.69, 9.17) is 14.0 Å². The van der Waals surface area contributed by atoms with Crippen LogP contribution in [0.15, 0.2) is 40.9 Å². The molecule has 2 aromatic heterocycles. The van der Waals surface area contributed by atoms with Crippen molar-refractivity contribution in [2.24, 2.45) is 0 Å². The van der Waals surface area contributed by atoms with Gasteiger partial charge in [0.15, 0.2) is 11.6 Å². The fourth-order valence-electron chi connectivity index (χ4n) is 3.02. The first-order valence-corrected chi connectivity index (χ1v) is 8.51. The summed E-state index contributed by atoms with van der Waals surface area (Å²) in [5.41, 5.74) is 3.41. The highest BCUT2D eigenvalue weighted by molar-refractivity contribution is 6.08. The van der Waals surface area contributed by atoms with E-state index in [1.807, 2.05) is 37.5 Å². The van der Waals surface area contributed by atoms with Crippen LogP contribution in [-0.2, 0) is 0 Å². The number of aryl methyl sites for hydroxylation is 2. The lowest BCUT2D eigenvalue weighted by atomic mass is 10.1. The summed E-state index contributed by atoms with van der Waals surface area (Å²) in [4.78, 5) is 12.6. The molecule has 27 heavy (non-hydrogen) atoms. The second kappa shape index (κ2) is 7.53. The van der Waals surface area contributed by atoms with Crippen molar-refractivity contribution in [1.82, 2.24) is 9.72 Å². The molecule has 0 aliphatic rings. The third-order valence-corrected chi connectivity index (χ3v) is 4.40. The van der Waals surface area contributed by atoms with Gasteiger partial charge in [-0.2, -0.15) is 0 Å². The smallest absolute Gasteiger partial charge is 0.189 e. The van der Waals surface area contributed by atoms with Gasteiger partial charge in [0, 0.05) is 23.5 Å². The topological polar surface area (TPSA) is 66.5 Å². The van der Waals surface area contributed by atoms with E-state index in [1.165, 1.54) is 7.11 Å². The van der Waals surface area contributed by atoms with E-state index in [1.54, 1.807) is 37.5 Å². The highest BCUT2D eigenvalue weighted by Crippen LogP contribution is 2.26. The second-order valence-corrected chi connectivity index (χ2v) is 6.22. The number of rotatable bonds is 6. The summed E-state index contributed by atoms with van der Waals surface area (Å²) in [6.07, 6.45) is 3.35. The van der Waals surface area contributed by atoms with Crippen LogP contribution in [0.5, 0.6) is 11.5 Å². The molecule has 2 heterocycles. The van der Waals surface area contributed by atoms with E-state index in [2.05, 4.69) is 5.16 Å². The summed E-state index contributed by atoms with van der Waals surface area (Å²) in [7, 11) is 3.10. The van der Waals surface area contributed by atoms with Crippen molar-refractivity contribution in [3.63, 3.8) is 0 Å². The quantitative estimate of drug-likeness (QED) is 0.480. The number of hydrogen-bond acceptors (Lipinski definition) is 5. The number of nitrogens with zero attached hydrogens (tertiary/aromatic N) is 2. The molecule has 0 N–H and O–H groups in total. The van der Waals surface area contributed by atoms with Gasteiger partial charge >= 0.3 is 0 Å². The number of carbonyl (C=O) groups excluding carboxylic acids is 1. The van der Waals surface area contributed by atoms with Gasteiger partial charge in [-0.05, 0) is 56.7 Å². The van der Waals surface area contributed by atoms with Crippen molar-refractivity contribution < 1.29 is 18.8 Å². The van der Waals surface area contributed by atoms with Crippen LogP contribution in [0.1, 0.15) is 33.1 Å². The SMILES string of the molecule is COc1ccc(C(=O)/C=C/c2cc(C)n(-c3cc(C)on3)c2C)c(OC)c1. The molecule has 0 unspecified atom stereocenters. The van der Waals surface area contributed by atoms with Crippen LogP contribution in [0.25, 0.3) is 11.9 Å². The summed E-state index contributed by atoms with van der Waals surface area (Å²) in [5.74, 6) is 2.45. The number of ketones is 1. The molecule has 0 spiro atoms. The molecule has 6 heteroatoms. The number of carbonyl (C=O) groups is 1. The highest BCUT2D eigenvalue weighted by atomic mass is 16.5. The van der Waals surface area contributed by atoms with Crippen LogP contribution in [0.2, 0.25) is 0 Å². The minimum atomic E-state index is -0.142. The Labute approximate surface area is 158 Å².